The lowest BCUT2D eigenvalue weighted by atomic mass is 9.77. The number of amides is 3. The van der Waals surface area contributed by atoms with E-state index in [1.807, 2.05) is 24.3 Å². The number of fused-ring (bicyclic) bond motifs is 1. The van der Waals surface area contributed by atoms with E-state index in [-0.39, 0.29) is 30.1 Å². The summed E-state index contributed by atoms with van der Waals surface area (Å²) in [4.78, 5) is 26.2. The maximum absolute atomic E-state index is 12.8. The van der Waals surface area contributed by atoms with Crippen molar-refractivity contribution < 1.29 is 14.3 Å². The highest BCUT2D eigenvalue weighted by Gasteiger charge is 2.42. The van der Waals surface area contributed by atoms with E-state index >= 15 is 0 Å². The number of rotatable bonds is 1. The fraction of sp³-hybridized carbons (Fsp3) is 0.600. The van der Waals surface area contributed by atoms with Crippen molar-refractivity contribution >= 4 is 11.9 Å². The van der Waals surface area contributed by atoms with Crippen LogP contribution in [0.25, 0.3) is 0 Å². The first-order valence-electron chi connectivity index (χ1n) is 9.75. The second-order valence-electron chi connectivity index (χ2n) is 7.71. The number of hydrogen-bond donors (Lipinski definition) is 2. The number of nitrogens with zero attached hydrogens (tertiary/aromatic N) is 1. The van der Waals surface area contributed by atoms with Gasteiger partial charge in [-0.15, -0.1) is 0 Å². The van der Waals surface area contributed by atoms with Gasteiger partial charge in [-0.1, -0.05) is 24.6 Å². The number of carbonyl (C=O) groups excluding carboxylic acids is 2. The van der Waals surface area contributed by atoms with Gasteiger partial charge in [0.05, 0.1) is 6.04 Å². The minimum Gasteiger partial charge on any atom is -0.487 e. The number of carbonyl (C=O) groups is 2. The molecule has 3 aliphatic rings. The van der Waals surface area contributed by atoms with Crippen LogP contribution in [0.4, 0.5) is 4.79 Å². The van der Waals surface area contributed by atoms with Crippen LogP contribution >= 0.6 is 0 Å². The van der Waals surface area contributed by atoms with Crippen LogP contribution < -0.4 is 15.4 Å². The summed E-state index contributed by atoms with van der Waals surface area (Å²) in [5, 5.41) is 6.01. The Balaban J connectivity index is 1.54. The van der Waals surface area contributed by atoms with Crippen LogP contribution in [0.2, 0.25) is 0 Å². The van der Waals surface area contributed by atoms with E-state index in [2.05, 4.69) is 10.6 Å². The molecule has 1 saturated carbocycles. The van der Waals surface area contributed by atoms with Crippen molar-refractivity contribution in [3.05, 3.63) is 29.8 Å². The Labute approximate surface area is 154 Å². The highest BCUT2D eigenvalue weighted by molar-refractivity contribution is 5.84. The quantitative estimate of drug-likeness (QED) is 0.812. The SMILES string of the molecule is O=C1CN(C(=O)NC2CC3(CCCCC3)Oc3ccccc32)CCCN1. The van der Waals surface area contributed by atoms with Gasteiger partial charge in [0.15, 0.2) is 0 Å². The number of nitrogens with one attached hydrogen (secondary N) is 2. The molecule has 0 bridgehead atoms. The van der Waals surface area contributed by atoms with Gasteiger partial charge in [0.2, 0.25) is 5.91 Å². The molecule has 6 nitrogen and oxygen atoms in total. The highest BCUT2D eigenvalue weighted by atomic mass is 16.5. The number of ether oxygens (including phenoxy) is 1. The van der Waals surface area contributed by atoms with Crippen LogP contribution in [0.3, 0.4) is 0 Å². The molecule has 2 fully saturated rings. The van der Waals surface area contributed by atoms with E-state index in [1.165, 1.54) is 19.3 Å². The van der Waals surface area contributed by atoms with E-state index in [4.69, 9.17) is 4.74 Å². The molecule has 6 heteroatoms. The zero-order valence-corrected chi connectivity index (χ0v) is 15.1. The molecule has 1 spiro atoms. The number of benzene rings is 1. The van der Waals surface area contributed by atoms with Gasteiger partial charge in [0.1, 0.15) is 17.9 Å². The molecule has 1 unspecified atom stereocenters. The first-order chi connectivity index (χ1) is 12.7. The van der Waals surface area contributed by atoms with E-state index < -0.39 is 0 Å². The summed E-state index contributed by atoms with van der Waals surface area (Å²) in [5.74, 6) is 0.799. The Bertz CT molecular complexity index is 685. The molecule has 1 atom stereocenters. The monoisotopic (exact) mass is 357 g/mol. The topological polar surface area (TPSA) is 70.7 Å². The lowest BCUT2D eigenvalue weighted by Crippen LogP contribution is -2.50. The minimum absolute atomic E-state index is 0.0723. The van der Waals surface area contributed by atoms with Gasteiger partial charge >= 0.3 is 6.03 Å². The summed E-state index contributed by atoms with van der Waals surface area (Å²) in [6.45, 7) is 1.36. The number of hydrogen-bond acceptors (Lipinski definition) is 3. The Morgan fingerprint density at radius 3 is 2.85 bits per heavy atom. The van der Waals surface area contributed by atoms with Crippen LogP contribution in [0.5, 0.6) is 5.75 Å². The van der Waals surface area contributed by atoms with Crippen molar-refractivity contribution in [1.29, 1.82) is 0 Å². The van der Waals surface area contributed by atoms with Crippen molar-refractivity contribution in [2.75, 3.05) is 19.6 Å². The molecule has 1 aliphatic carbocycles. The maximum Gasteiger partial charge on any atom is 0.318 e. The molecule has 4 rings (SSSR count). The second kappa shape index (κ2) is 7.17. The average Bonchev–Trinajstić information content (AvgIpc) is 2.87. The molecule has 2 aliphatic heterocycles. The Hall–Kier alpha value is -2.24. The van der Waals surface area contributed by atoms with E-state index in [1.54, 1.807) is 4.90 Å². The van der Waals surface area contributed by atoms with Gasteiger partial charge < -0.3 is 20.3 Å². The summed E-state index contributed by atoms with van der Waals surface area (Å²) in [5.41, 5.74) is 0.872. The van der Waals surface area contributed by atoms with E-state index in [0.717, 1.165) is 37.0 Å². The van der Waals surface area contributed by atoms with Crippen LogP contribution in [0.1, 0.15) is 56.6 Å². The fourth-order valence-electron chi connectivity index (χ4n) is 4.47. The molecule has 140 valence electrons. The molecule has 26 heavy (non-hydrogen) atoms. The molecular weight excluding hydrogens is 330 g/mol. The van der Waals surface area contributed by atoms with E-state index in [0.29, 0.717) is 13.1 Å². The van der Waals surface area contributed by atoms with Crippen molar-refractivity contribution in [3.63, 3.8) is 0 Å². The Morgan fingerprint density at radius 1 is 1.19 bits per heavy atom. The molecule has 3 amide bonds. The molecule has 1 aromatic rings. The minimum atomic E-state index is -0.166. The summed E-state index contributed by atoms with van der Waals surface area (Å²) >= 11 is 0. The molecule has 1 aromatic carbocycles. The van der Waals surface area contributed by atoms with Crippen LogP contribution in [-0.4, -0.2) is 42.1 Å². The summed E-state index contributed by atoms with van der Waals surface area (Å²) in [6.07, 6.45) is 7.28. The zero-order valence-electron chi connectivity index (χ0n) is 15.1. The summed E-state index contributed by atoms with van der Waals surface area (Å²) in [7, 11) is 0. The molecule has 2 N–H and O–H groups in total. The average molecular weight is 357 g/mol. The zero-order chi connectivity index (χ0) is 18.0. The third-order valence-electron chi connectivity index (χ3n) is 5.81. The molecule has 0 aromatic heterocycles. The Morgan fingerprint density at radius 2 is 2.00 bits per heavy atom. The van der Waals surface area contributed by atoms with Gasteiger partial charge in [-0.25, -0.2) is 4.79 Å². The number of urea groups is 1. The summed E-state index contributed by atoms with van der Waals surface area (Å²) in [6, 6.07) is 7.78. The maximum atomic E-state index is 12.8. The van der Waals surface area contributed by atoms with Crippen LogP contribution in [0, 0.1) is 0 Å². The number of para-hydroxylation sites is 1. The fourth-order valence-corrected chi connectivity index (χ4v) is 4.47. The van der Waals surface area contributed by atoms with Gasteiger partial charge in [0.25, 0.3) is 0 Å². The lowest BCUT2D eigenvalue weighted by molar-refractivity contribution is -0.121. The third-order valence-corrected chi connectivity index (χ3v) is 5.81. The standard InChI is InChI=1S/C20H27N3O3/c24-18-14-23(12-6-11-21-18)19(25)22-16-13-20(9-4-1-5-10-20)26-17-8-3-2-7-15(16)17/h2-3,7-8,16H,1,4-6,9-14H2,(H,21,24)(H,22,25). The highest BCUT2D eigenvalue weighted by Crippen LogP contribution is 2.46. The van der Waals surface area contributed by atoms with E-state index in [9.17, 15) is 9.59 Å². The first-order valence-corrected chi connectivity index (χ1v) is 9.75. The van der Waals surface area contributed by atoms with Gasteiger partial charge in [0, 0.05) is 25.1 Å². The molecule has 2 heterocycles. The smallest absolute Gasteiger partial charge is 0.318 e. The summed E-state index contributed by atoms with van der Waals surface area (Å²) < 4.78 is 6.43. The van der Waals surface area contributed by atoms with Gasteiger partial charge in [-0.05, 0) is 38.2 Å². The van der Waals surface area contributed by atoms with Gasteiger partial charge in [-0.2, -0.15) is 0 Å². The third kappa shape index (κ3) is 3.50. The predicted octanol–water partition coefficient (Wildman–Crippen LogP) is 2.74. The molecule has 1 saturated heterocycles. The van der Waals surface area contributed by atoms with Crippen molar-refractivity contribution in [2.24, 2.45) is 0 Å². The first kappa shape index (κ1) is 17.2. The van der Waals surface area contributed by atoms with Crippen LogP contribution in [0.15, 0.2) is 24.3 Å². The molecular formula is C20H27N3O3. The predicted molar refractivity (Wildman–Crippen MR) is 98.0 cm³/mol. The normalized spacial score (nSPS) is 24.8. The second-order valence-corrected chi connectivity index (χ2v) is 7.71. The van der Waals surface area contributed by atoms with Crippen molar-refractivity contribution in [1.82, 2.24) is 15.5 Å². The van der Waals surface area contributed by atoms with Gasteiger partial charge in [-0.3, -0.25) is 4.79 Å². The van der Waals surface area contributed by atoms with Crippen LogP contribution in [-0.2, 0) is 4.79 Å². The Kier molecular flexibility index (Phi) is 4.74. The molecule has 0 radical (unpaired) electrons. The van der Waals surface area contributed by atoms with Crippen molar-refractivity contribution in [3.8, 4) is 5.75 Å². The van der Waals surface area contributed by atoms with Crippen molar-refractivity contribution in [2.45, 2.75) is 56.6 Å². The lowest BCUT2D eigenvalue weighted by Gasteiger charge is -2.45. The largest absolute Gasteiger partial charge is 0.487 e.